The van der Waals surface area contributed by atoms with Gasteiger partial charge in [0.05, 0.1) is 6.54 Å². The average molecular weight is 401 g/mol. The molecule has 114 valence electrons. The predicted octanol–water partition coefficient (Wildman–Crippen LogP) is 2.34. The SMILES string of the molecule is CC(C)(C)S(=O)CCN=C(N)N1CCCCCC1.I. The van der Waals surface area contributed by atoms with Gasteiger partial charge in [-0.3, -0.25) is 9.20 Å². The van der Waals surface area contributed by atoms with Gasteiger partial charge in [0, 0.05) is 34.4 Å². The topological polar surface area (TPSA) is 58.7 Å². The second-order valence-corrected chi connectivity index (χ2v) is 8.13. The number of guanidine groups is 1. The third-order valence-corrected chi connectivity index (χ3v) is 5.08. The molecule has 1 rings (SSSR count). The molecule has 0 aromatic rings. The molecule has 1 saturated heterocycles. The highest BCUT2D eigenvalue weighted by Gasteiger charge is 2.18. The van der Waals surface area contributed by atoms with Crippen molar-refractivity contribution in [2.24, 2.45) is 10.7 Å². The zero-order valence-electron chi connectivity index (χ0n) is 12.4. The Balaban J connectivity index is 0.00000324. The fourth-order valence-electron chi connectivity index (χ4n) is 1.95. The summed E-state index contributed by atoms with van der Waals surface area (Å²) < 4.78 is 11.7. The van der Waals surface area contributed by atoms with Gasteiger partial charge >= 0.3 is 0 Å². The summed E-state index contributed by atoms with van der Waals surface area (Å²) in [6, 6.07) is 0. The zero-order chi connectivity index (χ0) is 13.6. The van der Waals surface area contributed by atoms with E-state index in [2.05, 4.69) is 9.89 Å². The van der Waals surface area contributed by atoms with Gasteiger partial charge < -0.3 is 10.6 Å². The lowest BCUT2D eigenvalue weighted by Crippen LogP contribution is -2.38. The number of aliphatic imine (C=N–C) groups is 1. The minimum Gasteiger partial charge on any atom is -0.370 e. The standard InChI is InChI=1S/C13H27N3OS.HI/c1-13(2,3)18(17)11-8-15-12(14)16-9-6-4-5-7-10-16;/h4-11H2,1-3H3,(H2,14,15);1H. The monoisotopic (exact) mass is 401 g/mol. The van der Waals surface area contributed by atoms with Gasteiger partial charge in [-0.15, -0.1) is 24.0 Å². The minimum absolute atomic E-state index is 0. The van der Waals surface area contributed by atoms with Gasteiger partial charge in [-0.25, -0.2) is 0 Å². The van der Waals surface area contributed by atoms with Crippen molar-refractivity contribution >= 4 is 40.7 Å². The lowest BCUT2D eigenvalue weighted by atomic mass is 10.2. The summed E-state index contributed by atoms with van der Waals surface area (Å²) in [6.07, 6.45) is 4.98. The molecule has 0 bridgehead atoms. The van der Waals surface area contributed by atoms with Crippen LogP contribution in [0.3, 0.4) is 0 Å². The number of rotatable bonds is 3. The number of halogens is 1. The lowest BCUT2D eigenvalue weighted by Gasteiger charge is -2.21. The second-order valence-electron chi connectivity index (χ2n) is 5.80. The molecule has 0 saturated carbocycles. The molecule has 2 N–H and O–H groups in total. The second kappa shape index (κ2) is 9.15. The highest BCUT2D eigenvalue weighted by atomic mass is 127. The summed E-state index contributed by atoms with van der Waals surface area (Å²) in [5.74, 6) is 1.22. The molecular formula is C13H28IN3OS. The maximum absolute atomic E-state index is 11.9. The van der Waals surface area contributed by atoms with Crippen molar-refractivity contribution in [3.63, 3.8) is 0 Å². The van der Waals surface area contributed by atoms with Gasteiger partial charge in [0.25, 0.3) is 0 Å². The maximum Gasteiger partial charge on any atom is 0.191 e. The summed E-state index contributed by atoms with van der Waals surface area (Å²) in [4.78, 5) is 6.53. The molecule has 4 nitrogen and oxygen atoms in total. The minimum atomic E-state index is -0.843. The quantitative estimate of drug-likeness (QED) is 0.449. The lowest BCUT2D eigenvalue weighted by molar-refractivity contribution is 0.429. The first-order valence-corrected chi connectivity index (χ1v) is 8.16. The van der Waals surface area contributed by atoms with Crippen LogP contribution in [-0.2, 0) is 10.8 Å². The Kier molecular flexibility index (Phi) is 9.23. The molecule has 0 aliphatic carbocycles. The van der Waals surface area contributed by atoms with E-state index in [-0.39, 0.29) is 28.7 Å². The third kappa shape index (κ3) is 7.48. The fourth-order valence-corrected chi connectivity index (χ4v) is 2.82. The van der Waals surface area contributed by atoms with Gasteiger partial charge in [-0.1, -0.05) is 12.8 Å². The summed E-state index contributed by atoms with van der Waals surface area (Å²) in [5.41, 5.74) is 5.99. The summed E-state index contributed by atoms with van der Waals surface area (Å²) in [6.45, 7) is 8.56. The van der Waals surface area contributed by atoms with E-state index in [0.717, 1.165) is 13.1 Å². The summed E-state index contributed by atoms with van der Waals surface area (Å²) in [5, 5.41) is 0. The van der Waals surface area contributed by atoms with Crippen molar-refractivity contribution in [3.8, 4) is 0 Å². The molecule has 6 heteroatoms. The van der Waals surface area contributed by atoms with Crippen molar-refractivity contribution in [1.29, 1.82) is 0 Å². The zero-order valence-corrected chi connectivity index (χ0v) is 15.5. The molecule has 0 aromatic heterocycles. The number of hydrogen-bond donors (Lipinski definition) is 1. The predicted molar refractivity (Wildman–Crippen MR) is 94.7 cm³/mol. The van der Waals surface area contributed by atoms with Crippen LogP contribution in [0, 0.1) is 0 Å². The van der Waals surface area contributed by atoms with Crippen LogP contribution in [0.2, 0.25) is 0 Å². The van der Waals surface area contributed by atoms with Crippen LogP contribution in [0.5, 0.6) is 0 Å². The van der Waals surface area contributed by atoms with Gasteiger partial charge in [0.2, 0.25) is 0 Å². The Morgan fingerprint density at radius 2 is 1.74 bits per heavy atom. The highest BCUT2D eigenvalue weighted by molar-refractivity contribution is 14.0. The Labute approximate surface area is 137 Å². The van der Waals surface area contributed by atoms with E-state index in [1.807, 2.05) is 20.8 Å². The third-order valence-electron chi connectivity index (χ3n) is 3.16. The van der Waals surface area contributed by atoms with Gasteiger partial charge in [-0.05, 0) is 33.6 Å². The van der Waals surface area contributed by atoms with E-state index in [9.17, 15) is 4.21 Å². The summed E-state index contributed by atoms with van der Waals surface area (Å²) in [7, 11) is -0.843. The Morgan fingerprint density at radius 3 is 2.21 bits per heavy atom. The highest BCUT2D eigenvalue weighted by Crippen LogP contribution is 2.11. The Morgan fingerprint density at radius 1 is 1.21 bits per heavy atom. The van der Waals surface area contributed by atoms with E-state index in [1.54, 1.807) is 0 Å². The van der Waals surface area contributed by atoms with Crippen molar-refractivity contribution in [2.45, 2.75) is 51.2 Å². The molecule has 1 unspecified atom stereocenters. The van der Waals surface area contributed by atoms with E-state index >= 15 is 0 Å². The van der Waals surface area contributed by atoms with Crippen LogP contribution >= 0.6 is 24.0 Å². The average Bonchev–Trinajstić information content (AvgIpc) is 2.55. The molecule has 1 aliphatic rings. The smallest absolute Gasteiger partial charge is 0.191 e. The summed E-state index contributed by atoms with van der Waals surface area (Å²) >= 11 is 0. The first kappa shape index (κ1) is 19.1. The van der Waals surface area contributed by atoms with Crippen molar-refractivity contribution in [1.82, 2.24) is 4.90 Å². The van der Waals surface area contributed by atoms with E-state index in [0.29, 0.717) is 18.3 Å². The van der Waals surface area contributed by atoms with Crippen molar-refractivity contribution in [2.75, 3.05) is 25.4 Å². The largest absolute Gasteiger partial charge is 0.370 e. The van der Waals surface area contributed by atoms with Gasteiger partial charge in [0.1, 0.15) is 0 Å². The molecule has 0 radical (unpaired) electrons. The van der Waals surface area contributed by atoms with Crippen LogP contribution in [-0.4, -0.2) is 45.2 Å². The van der Waals surface area contributed by atoms with Crippen LogP contribution in [0.15, 0.2) is 4.99 Å². The van der Waals surface area contributed by atoms with E-state index < -0.39 is 10.8 Å². The molecular weight excluding hydrogens is 373 g/mol. The fraction of sp³-hybridized carbons (Fsp3) is 0.923. The van der Waals surface area contributed by atoms with E-state index in [4.69, 9.17) is 5.73 Å². The number of nitrogens with zero attached hydrogens (tertiary/aromatic N) is 2. The van der Waals surface area contributed by atoms with E-state index in [1.165, 1.54) is 25.7 Å². The van der Waals surface area contributed by atoms with Crippen molar-refractivity contribution in [3.05, 3.63) is 0 Å². The number of nitrogens with two attached hydrogens (primary N) is 1. The Hall–Kier alpha value is 0.150. The van der Waals surface area contributed by atoms with Crippen LogP contribution < -0.4 is 5.73 Å². The van der Waals surface area contributed by atoms with Crippen LogP contribution in [0.4, 0.5) is 0 Å². The van der Waals surface area contributed by atoms with Crippen LogP contribution in [0.1, 0.15) is 46.5 Å². The molecule has 1 fully saturated rings. The van der Waals surface area contributed by atoms with Crippen LogP contribution in [0.25, 0.3) is 0 Å². The molecule has 1 heterocycles. The molecule has 0 aromatic carbocycles. The molecule has 19 heavy (non-hydrogen) atoms. The molecule has 1 aliphatic heterocycles. The van der Waals surface area contributed by atoms with Crippen molar-refractivity contribution < 1.29 is 4.21 Å². The first-order chi connectivity index (χ1) is 8.41. The number of hydrogen-bond acceptors (Lipinski definition) is 2. The normalized spacial score (nSPS) is 19.5. The number of likely N-dealkylation sites (tertiary alicyclic amines) is 1. The molecule has 0 spiro atoms. The molecule has 1 atom stereocenters. The van der Waals surface area contributed by atoms with Gasteiger partial charge in [0.15, 0.2) is 5.96 Å². The first-order valence-electron chi connectivity index (χ1n) is 6.84. The Bertz CT molecular complexity index is 308. The molecule has 0 amide bonds. The van der Waals surface area contributed by atoms with Gasteiger partial charge in [-0.2, -0.15) is 0 Å². The maximum atomic E-state index is 11.9.